The summed E-state index contributed by atoms with van der Waals surface area (Å²) >= 11 is 0. The molecule has 2 aliphatic rings. The van der Waals surface area contributed by atoms with Crippen molar-refractivity contribution in [2.75, 3.05) is 13.1 Å². The highest BCUT2D eigenvalue weighted by Gasteiger charge is 2.51. The van der Waals surface area contributed by atoms with E-state index < -0.39 is 5.54 Å². The fourth-order valence-corrected chi connectivity index (χ4v) is 2.71. The Labute approximate surface area is 122 Å². The van der Waals surface area contributed by atoms with Crippen molar-refractivity contribution < 1.29 is 14.1 Å². The smallest absolute Gasteiger partial charge is 0.325 e. The molecular formula is C13H19N5O3. The molecule has 1 aromatic heterocycles. The summed E-state index contributed by atoms with van der Waals surface area (Å²) in [5, 5.41) is 9.86. The lowest BCUT2D eigenvalue weighted by molar-refractivity contribution is -0.132. The maximum absolute atomic E-state index is 12.6. The van der Waals surface area contributed by atoms with Crippen LogP contribution >= 0.6 is 0 Å². The first-order valence-electron chi connectivity index (χ1n) is 7.19. The van der Waals surface area contributed by atoms with Gasteiger partial charge in [-0.05, 0) is 25.9 Å². The van der Waals surface area contributed by atoms with Crippen LogP contribution in [0.5, 0.6) is 0 Å². The minimum absolute atomic E-state index is 0.0273. The topological polar surface area (TPSA) is 100 Å². The molecule has 0 atom stereocenters. The molecule has 0 saturated carbocycles. The first-order chi connectivity index (χ1) is 10.0. The summed E-state index contributed by atoms with van der Waals surface area (Å²) < 4.78 is 5.11. The van der Waals surface area contributed by atoms with E-state index in [9.17, 15) is 9.59 Å². The normalized spacial score (nSPS) is 21.4. The molecular weight excluding hydrogens is 274 g/mol. The standard InChI is InChI=1S/C13H19N5O3/c1-8(2)10-15-9(21-17-10)7-18-11(19)13(16-12(18)20)3-5-14-6-4-13/h8,14H,3-7H2,1-2H3,(H,16,20). The van der Waals surface area contributed by atoms with Gasteiger partial charge in [0.2, 0.25) is 5.89 Å². The highest BCUT2D eigenvalue weighted by Crippen LogP contribution is 2.27. The summed E-state index contributed by atoms with van der Waals surface area (Å²) in [6.45, 7) is 5.37. The van der Waals surface area contributed by atoms with Gasteiger partial charge < -0.3 is 15.2 Å². The third-order valence-electron chi connectivity index (χ3n) is 4.00. The van der Waals surface area contributed by atoms with Crippen molar-refractivity contribution in [1.82, 2.24) is 25.7 Å². The molecule has 8 heteroatoms. The molecule has 0 aromatic carbocycles. The first-order valence-corrected chi connectivity index (χ1v) is 7.19. The minimum Gasteiger partial charge on any atom is -0.337 e. The van der Waals surface area contributed by atoms with Crippen molar-refractivity contribution in [1.29, 1.82) is 0 Å². The van der Waals surface area contributed by atoms with Gasteiger partial charge >= 0.3 is 6.03 Å². The Hall–Kier alpha value is -1.96. The molecule has 3 heterocycles. The van der Waals surface area contributed by atoms with Crippen LogP contribution in [0.4, 0.5) is 4.79 Å². The molecule has 0 radical (unpaired) electrons. The predicted octanol–water partition coefficient (Wildman–Crippen LogP) is 0.367. The third-order valence-corrected chi connectivity index (χ3v) is 4.00. The highest BCUT2D eigenvalue weighted by molar-refractivity contribution is 6.07. The molecule has 1 aromatic rings. The highest BCUT2D eigenvalue weighted by atomic mass is 16.5. The van der Waals surface area contributed by atoms with Crippen LogP contribution in [0.15, 0.2) is 4.52 Å². The van der Waals surface area contributed by atoms with E-state index in [4.69, 9.17) is 4.52 Å². The van der Waals surface area contributed by atoms with Gasteiger partial charge in [0, 0.05) is 5.92 Å². The summed E-state index contributed by atoms with van der Waals surface area (Å²) in [7, 11) is 0. The Morgan fingerprint density at radius 3 is 2.67 bits per heavy atom. The summed E-state index contributed by atoms with van der Waals surface area (Å²) in [6, 6.07) is -0.383. The van der Waals surface area contributed by atoms with Gasteiger partial charge in [0.25, 0.3) is 5.91 Å². The molecule has 1 spiro atoms. The number of amides is 3. The molecule has 0 aliphatic carbocycles. The van der Waals surface area contributed by atoms with E-state index in [2.05, 4.69) is 20.8 Å². The summed E-state index contributed by atoms with van der Waals surface area (Å²) in [6.07, 6.45) is 1.21. The van der Waals surface area contributed by atoms with E-state index in [0.29, 0.717) is 18.7 Å². The second-order valence-electron chi connectivity index (χ2n) is 5.85. The van der Waals surface area contributed by atoms with E-state index in [1.165, 1.54) is 4.90 Å². The number of hydrogen-bond donors (Lipinski definition) is 2. The van der Waals surface area contributed by atoms with E-state index in [0.717, 1.165) is 13.1 Å². The predicted molar refractivity (Wildman–Crippen MR) is 72.3 cm³/mol. The molecule has 2 N–H and O–H groups in total. The van der Waals surface area contributed by atoms with Crippen LogP contribution in [0.3, 0.4) is 0 Å². The second-order valence-corrected chi connectivity index (χ2v) is 5.85. The van der Waals surface area contributed by atoms with Gasteiger partial charge in [-0.2, -0.15) is 4.98 Å². The number of aromatic nitrogens is 2. The van der Waals surface area contributed by atoms with E-state index in [1.54, 1.807) is 0 Å². The third kappa shape index (κ3) is 2.39. The number of carbonyl (C=O) groups is 2. The number of imide groups is 1. The molecule has 2 aliphatic heterocycles. The van der Waals surface area contributed by atoms with Gasteiger partial charge in [-0.25, -0.2) is 4.79 Å². The molecule has 3 rings (SSSR count). The zero-order valence-electron chi connectivity index (χ0n) is 12.2. The number of nitrogens with zero attached hydrogens (tertiary/aromatic N) is 3. The van der Waals surface area contributed by atoms with Crippen LogP contribution in [0.1, 0.15) is 44.3 Å². The molecule has 114 valence electrons. The van der Waals surface area contributed by atoms with E-state index in [-0.39, 0.29) is 30.3 Å². The Kier molecular flexibility index (Phi) is 3.40. The van der Waals surface area contributed by atoms with Crippen LogP contribution < -0.4 is 10.6 Å². The zero-order chi connectivity index (χ0) is 15.0. The largest absolute Gasteiger partial charge is 0.337 e. The first kappa shape index (κ1) is 14.0. The average Bonchev–Trinajstić information content (AvgIpc) is 3.00. The Morgan fingerprint density at radius 1 is 1.33 bits per heavy atom. The number of carbonyl (C=O) groups excluding carboxylic acids is 2. The second kappa shape index (κ2) is 5.10. The molecule has 21 heavy (non-hydrogen) atoms. The van der Waals surface area contributed by atoms with E-state index in [1.807, 2.05) is 13.8 Å². The van der Waals surface area contributed by atoms with Crippen LogP contribution in [-0.2, 0) is 11.3 Å². The van der Waals surface area contributed by atoms with Crippen LogP contribution in [0, 0.1) is 0 Å². The quantitative estimate of drug-likeness (QED) is 0.781. The number of hydrogen-bond acceptors (Lipinski definition) is 6. The SMILES string of the molecule is CC(C)c1noc(CN2C(=O)NC3(CCNCC3)C2=O)n1. The van der Waals surface area contributed by atoms with Gasteiger partial charge in [0.05, 0.1) is 0 Å². The number of piperidine rings is 1. The average molecular weight is 293 g/mol. The van der Waals surface area contributed by atoms with Crippen molar-refractivity contribution in [3.63, 3.8) is 0 Å². The Balaban J connectivity index is 1.76. The lowest BCUT2D eigenvalue weighted by Gasteiger charge is -2.30. The fraction of sp³-hybridized carbons (Fsp3) is 0.692. The number of rotatable bonds is 3. The molecule has 8 nitrogen and oxygen atoms in total. The van der Waals surface area contributed by atoms with Gasteiger partial charge in [-0.3, -0.25) is 9.69 Å². The van der Waals surface area contributed by atoms with Crippen molar-refractivity contribution in [3.8, 4) is 0 Å². The van der Waals surface area contributed by atoms with E-state index >= 15 is 0 Å². The van der Waals surface area contributed by atoms with Crippen LogP contribution in [-0.4, -0.2) is 45.6 Å². The van der Waals surface area contributed by atoms with Crippen molar-refractivity contribution in [3.05, 3.63) is 11.7 Å². The van der Waals surface area contributed by atoms with Crippen LogP contribution in [0.2, 0.25) is 0 Å². The molecule has 0 bridgehead atoms. The molecule has 3 amide bonds. The lowest BCUT2D eigenvalue weighted by atomic mass is 9.88. The number of urea groups is 1. The maximum atomic E-state index is 12.6. The monoisotopic (exact) mass is 293 g/mol. The van der Waals surface area contributed by atoms with Gasteiger partial charge in [-0.1, -0.05) is 19.0 Å². The Bertz CT molecular complexity index is 562. The minimum atomic E-state index is -0.761. The summed E-state index contributed by atoms with van der Waals surface area (Å²) in [5.41, 5.74) is -0.761. The fourth-order valence-electron chi connectivity index (χ4n) is 2.71. The molecule has 0 unspecified atom stereocenters. The van der Waals surface area contributed by atoms with Crippen molar-refractivity contribution >= 4 is 11.9 Å². The maximum Gasteiger partial charge on any atom is 0.325 e. The van der Waals surface area contributed by atoms with Crippen molar-refractivity contribution in [2.24, 2.45) is 0 Å². The Morgan fingerprint density at radius 2 is 2.05 bits per heavy atom. The molecule has 2 saturated heterocycles. The lowest BCUT2D eigenvalue weighted by Crippen LogP contribution is -2.53. The van der Waals surface area contributed by atoms with Gasteiger partial charge in [-0.15, -0.1) is 0 Å². The van der Waals surface area contributed by atoms with Gasteiger partial charge in [0.1, 0.15) is 12.1 Å². The van der Waals surface area contributed by atoms with Gasteiger partial charge in [0.15, 0.2) is 5.82 Å². The number of nitrogens with one attached hydrogen (secondary N) is 2. The molecule has 2 fully saturated rings. The van der Waals surface area contributed by atoms with Crippen molar-refractivity contribution in [2.45, 2.75) is 44.7 Å². The summed E-state index contributed by atoms with van der Waals surface area (Å²) in [5.74, 6) is 0.807. The zero-order valence-corrected chi connectivity index (χ0v) is 12.2. The van der Waals surface area contributed by atoms with Crippen LogP contribution in [0.25, 0.3) is 0 Å². The summed E-state index contributed by atoms with van der Waals surface area (Å²) in [4.78, 5) is 30.0.